The van der Waals surface area contributed by atoms with Gasteiger partial charge in [-0.25, -0.2) is 4.39 Å². The highest BCUT2D eigenvalue weighted by Gasteiger charge is 2.08. The van der Waals surface area contributed by atoms with Crippen molar-refractivity contribution in [3.05, 3.63) is 56.7 Å². The normalized spacial score (nSPS) is 10.4. The molecule has 0 saturated carbocycles. The molecule has 2 rings (SSSR count). The molecule has 0 bridgehead atoms. The van der Waals surface area contributed by atoms with Crippen LogP contribution in [0.15, 0.2) is 45.3 Å². The number of halogens is 4. The lowest BCUT2D eigenvalue weighted by molar-refractivity contribution is 0.473. The van der Waals surface area contributed by atoms with E-state index in [0.717, 1.165) is 8.95 Å². The van der Waals surface area contributed by atoms with Gasteiger partial charge in [0.25, 0.3) is 0 Å². The molecular formula is C13H8Br2ClFO. The van der Waals surface area contributed by atoms with E-state index in [1.165, 1.54) is 12.1 Å². The van der Waals surface area contributed by atoms with Gasteiger partial charge in [-0.15, -0.1) is 11.6 Å². The van der Waals surface area contributed by atoms with Crippen LogP contribution in [-0.2, 0) is 5.88 Å². The maximum Gasteiger partial charge on any atom is 0.141 e. The second-order valence-electron chi connectivity index (χ2n) is 3.56. The van der Waals surface area contributed by atoms with Crippen molar-refractivity contribution in [1.29, 1.82) is 0 Å². The third kappa shape index (κ3) is 3.25. The SMILES string of the molecule is Fc1ccc(Oc2ccc(Br)cc2Br)c(CCl)c1. The summed E-state index contributed by atoms with van der Waals surface area (Å²) < 4.78 is 20.5. The zero-order valence-electron chi connectivity index (χ0n) is 9.09. The Balaban J connectivity index is 2.33. The Morgan fingerprint density at radius 1 is 1.06 bits per heavy atom. The van der Waals surface area contributed by atoms with Crippen LogP contribution in [0.25, 0.3) is 0 Å². The molecular weight excluding hydrogens is 386 g/mol. The van der Waals surface area contributed by atoms with E-state index in [4.69, 9.17) is 16.3 Å². The molecule has 0 unspecified atom stereocenters. The average Bonchev–Trinajstić information content (AvgIpc) is 2.34. The number of hydrogen-bond acceptors (Lipinski definition) is 1. The van der Waals surface area contributed by atoms with Crippen LogP contribution >= 0.6 is 43.5 Å². The zero-order valence-corrected chi connectivity index (χ0v) is 13.0. The fraction of sp³-hybridized carbons (Fsp3) is 0.0769. The Hall–Kier alpha value is -0.580. The summed E-state index contributed by atoms with van der Waals surface area (Å²) in [4.78, 5) is 0. The predicted octanol–water partition coefficient (Wildman–Crippen LogP) is 5.88. The molecule has 0 aromatic heterocycles. The molecule has 0 spiro atoms. The molecule has 0 atom stereocenters. The highest BCUT2D eigenvalue weighted by molar-refractivity contribution is 9.11. The van der Waals surface area contributed by atoms with Gasteiger partial charge in [0.2, 0.25) is 0 Å². The minimum Gasteiger partial charge on any atom is -0.456 e. The van der Waals surface area contributed by atoms with E-state index < -0.39 is 0 Å². The first-order valence-corrected chi connectivity index (χ1v) is 7.19. The second kappa shape index (κ2) is 6.04. The van der Waals surface area contributed by atoms with Crippen molar-refractivity contribution in [2.24, 2.45) is 0 Å². The monoisotopic (exact) mass is 392 g/mol. The number of ether oxygens (including phenoxy) is 1. The molecule has 0 aliphatic rings. The molecule has 2 aromatic carbocycles. The number of alkyl halides is 1. The summed E-state index contributed by atoms with van der Waals surface area (Å²) in [5.41, 5.74) is 0.617. The Kier molecular flexibility index (Phi) is 4.65. The van der Waals surface area contributed by atoms with E-state index in [2.05, 4.69) is 31.9 Å². The molecule has 0 fully saturated rings. The summed E-state index contributed by atoms with van der Waals surface area (Å²) >= 11 is 12.5. The Morgan fingerprint density at radius 3 is 2.44 bits per heavy atom. The summed E-state index contributed by atoms with van der Waals surface area (Å²) in [6.45, 7) is 0. The van der Waals surface area contributed by atoms with E-state index in [-0.39, 0.29) is 11.7 Å². The lowest BCUT2D eigenvalue weighted by Crippen LogP contribution is -1.91. The van der Waals surface area contributed by atoms with Crippen molar-refractivity contribution in [1.82, 2.24) is 0 Å². The smallest absolute Gasteiger partial charge is 0.141 e. The molecule has 0 N–H and O–H groups in total. The van der Waals surface area contributed by atoms with E-state index in [1.807, 2.05) is 18.2 Å². The van der Waals surface area contributed by atoms with E-state index in [0.29, 0.717) is 17.1 Å². The molecule has 0 saturated heterocycles. The van der Waals surface area contributed by atoms with Crippen LogP contribution in [0.4, 0.5) is 4.39 Å². The largest absolute Gasteiger partial charge is 0.456 e. The Labute approximate surface area is 126 Å². The highest BCUT2D eigenvalue weighted by Crippen LogP contribution is 2.34. The maximum absolute atomic E-state index is 13.1. The molecule has 0 amide bonds. The molecule has 5 heteroatoms. The minimum atomic E-state index is -0.326. The van der Waals surface area contributed by atoms with Crippen molar-refractivity contribution >= 4 is 43.5 Å². The van der Waals surface area contributed by atoms with Crippen molar-refractivity contribution < 1.29 is 9.13 Å². The third-order valence-corrected chi connectivity index (χ3v) is 3.68. The quantitative estimate of drug-likeness (QED) is 0.591. The van der Waals surface area contributed by atoms with Crippen LogP contribution in [-0.4, -0.2) is 0 Å². The molecule has 0 aliphatic carbocycles. The minimum absolute atomic E-state index is 0.196. The maximum atomic E-state index is 13.1. The number of hydrogen-bond donors (Lipinski definition) is 0. The fourth-order valence-electron chi connectivity index (χ4n) is 1.43. The zero-order chi connectivity index (χ0) is 13.1. The summed E-state index contributed by atoms with van der Waals surface area (Å²) in [5, 5.41) is 0. The van der Waals surface area contributed by atoms with Gasteiger partial charge < -0.3 is 4.74 Å². The molecule has 0 heterocycles. The number of benzene rings is 2. The summed E-state index contributed by atoms with van der Waals surface area (Å²) in [5.74, 6) is 1.07. The first-order chi connectivity index (χ1) is 8.60. The molecule has 1 nitrogen and oxygen atoms in total. The van der Waals surface area contributed by atoms with Gasteiger partial charge in [0, 0.05) is 10.0 Å². The third-order valence-electron chi connectivity index (χ3n) is 2.28. The van der Waals surface area contributed by atoms with Crippen molar-refractivity contribution in [3.8, 4) is 11.5 Å². The van der Waals surface area contributed by atoms with E-state index in [9.17, 15) is 4.39 Å². The summed E-state index contributed by atoms with van der Waals surface area (Å²) in [7, 11) is 0. The highest BCUT2D eigenvalue weighted by atomic mass is 79.9. The molecule has 94 valence electrons. The van der Waals surface area contributed by atoms with Gasteiger partial charge in [0.15, 0.2) is 0 Å². The van der Waals surface area contributed by atoms with E-state index in [1.54, 1.807) is 6.07 Å². The van der Waals surface area contributed by atoms with Gasteiger partial charge >= 0.3 is 0 Å². The summed E-state index contributed by atoms with van der Waals surface area (Å²) in [6.07, 6.45) is 0. The van der Waals surface area contributed by atoms with Crippen molar-refractivity contribution in [2.75, 3.05) is 0 Å². The van der Waals surface area contributed by atoms with Crippen molar-refractivity contribution in [3.63, 3.8) is 0 Å². The topological polar surface area (TPSA) is 9.23 Å². The molecule has 18 heavy (non-hydrogen) atoms. The Bertz CT molecular complexity index is 575. The molecule has 0 radical (unpaired) electrons. The van der Waals surface area contributed by atoms with Crippen LogP contribution in [0, 0.1) is 5.82 Å². The van der Waals surface area contributed by atoms with E-state index >= 15 is 0 Å². The van der Waals surface area contributed by atoms with Gasteiger partial charge in [0.1, 0.15) is 17.3 Å². The lowest BCUT2D eigenvalue weighted by Gasteiger charge is -2.11. The van der Waals surface area contributed by atoms with Gasteiger partial charge in [0.05, 0.1) is 10.4 Å². The van der Waals surface area contributed by atoms with Gasteiger partial charge in [-0.1, -0.05) is 15.9 Å². The predicted molar refractivity (Wildman–Crippen MR) is 77.9 cm³/mol. The van der Waals surface area contributed by atoms with Crippen LogP contribution in [0.5, 0.6) is 11.5 Å². The Morgan fingerprint density at radius 2 is 1.78 bits per heavy atom. The average molecular weight is 394 g/mol. The summed E-state index contributed by atoms with van der Waals surface area (Å²) in [6, 6.07) is 9.84. The first-order valence-electron chi connectivity index (χ1n) is 5.07. The molecule has 0 aliphatic heterocycles. The van der Waals surface area contributed by atoms with Gasteiger partial charge in [-0.3, -0.25) is 0 Å². The number of rotatable bonds is 3. The van der Waals surface area contributed by atoms with Crippen LogP contribution in [0.2, 0.25) is 0 Å². The van der Waals surface area contributed by atoms with Crippen LogP contribution in [0.3, 0.4) is 0 Å². The standard InChI is InChI=1S/C13H8Br2ClFO/c14-9-1-3-13(11(15)6-9)18-12-4-2-10(17)5-8(12)7-16/h1-6H,7H2. The molecule has 2 aromatic rings. The van der Waals surface area contributed by atoms with Gasteiger partial charge in [-0.05, 0) is 52.3 Å². The lowest BCUT2D eigenvalue weighted by atomic mass is 10.2. The van der Waals surface area contributed by atoms with Gasteiger partial charge in [-0.2, -0.15) is 0 Å². The van der Waals surface area contributed by atoms with Crippen LogP contribution in [0.1, 0.15) is 5.56 Å². The van der Waals surface area contributed by atoms with Crippen LogP contribution < -0.4 is 4.74 Å². The van der Waals surface area contributed by atoms with Crippen molar-refractivity contribution in [2.45, 2.75) is 5.88 Å². The first kappa shape index (κ1) is 13.8. The fourth-order valence-corrected chi connectivity index (χ4v) is 2.77. The second-order valence-corrected chi connectivity index (χ2v) is 5.60.